The van der Waals surface area contributed by atoms with Gasteiger partial charge in [0, 0.05) is 11.8 Å². The van der Waals surface area contributed by atoms with Crippen LogP contribution in [0.2, 0.25) is 0 Å². The van der Waals surface area contributed by atoms with Gasteiger partial charge in [-0.2, -0.15) is 0 Å². The zero-order chi connectivity index (χ0) is 9.90. The monoisotopic (exact) mass is 180 g/mol. The van der Waals surface area contributed by atoms with E-state index in [4.69, 9.17) is 0 Å². The average Bonchev–Trinajstić information content (AvgIpc) is 2.07. The Morgan fingerprint density at radius 3 is 2.69 bits per heavy atom. The van der Waals surface area contributed by atoms with Gasteiger partial charge in [-0.15, -0.1) is 0 Å². The molecule has 13 heavy (non-hydrogen) atoms. The second kappa shape index (κ2) is 4.08. The van der Waals surface area contributed by atoms with Crippen LogP contribution in [0.15, 0.2) is 11.6 Å². The van der Waals surface area contributed by atoms with Crippen LogP contribution >= 0.6 is 0 Å². The molecule has 0 saturated carbocycles. The normalized spacial score (nSPS) is 21.5. The fraction of sp³-hybridized carbons (Fsp3) is 0.750. The molecule has 1 nitrogen and oxygen atoms in total. The minimum atomic E-state index is -0.101. The van der Waals surface area contributed by atoms with Crippen LogP contribution < -0.4 is 0 Å². The summed E-state index contributed by atoms with van der Waals surface area (Å²) in [6.07, 6.45) is 7.47. The predicted molar refractivity (Wildman–Crippen MR) is 55.6 cm³/mol. The number of hydrogen-bond donors (Lipinski definition) is 0. The maximum atomic E-state index is 11.6. The molecule has 1 aliphatic rings. The number of ketones is 1. The molecular weight excluding hydrogens is 160 g/mol. The van der Waals surface area contributed by atoms with Crippen molar-refractivity contribution in [1.29, 1.82) is 0 Å². The van der Waals surface area contributed by atoms with E-state index in [1.54, 1.807) is 0 Å². The molecule has 0 spiro atoms. The van der Waals surface area contributed by atoms with E-state index in [1.807, 2.05) is 13.8 Å². The summed E-state index contributed by atoms with van der Waals surface area (Å²) in [5.74, 6) is 0.418. The lowest BCUT2D eigenvalue weighted by Crippen LogP contribution is -2.27. The van der Waals surface area contributed by atoms with Crippen LogP contribution in [0, 0.1) is 5.41 Å². The number of unbranched alkanes of at least 4 members (excludes halogenated alkanes) is 1. The van der Waals surface area contributed by atoms with E-state index in [9.17, 15) is 4.79 Å². The number of hydrogen-bond acceptors (Lipinski definition) is 1. The lowest BCUT2D eigenvalue weighted by atomic mass is 9.76. The van der Waals surface area contributed by atoms with Gasteiger partial charge in [-0.3, -0.25) is 4.79 Å². The second-order valence-electron chi connectivity index (χ2n) is 4.65. The molecule has 0 bridgehead atoms. The maximum Gasteiger partial charge on any atom is 0.142 e. The van der Waals surface area contributed by atoms with Crippen LogP contribution in [0.4, 0.5) is 0 Å². The second-order valence-corrected chi connectivity index (χ2v) is 4.65. The van der Waals surface area contributed by atoms with Gasteiger partial charge in [-0.25, -0.2) is 0 Å². The third kappa shape index (κ3) is 2.68. The number of rotatable bonds is 3. The fourth-order valence-corrected chi connectivity index (χ4v) is 1.63. The molecule has 0 aromatic heterocycles. The van der Waals surface area contributed by atoms with E-state index < -0.39 is 0 Å². The Hall–Kier alpha value is -0.590. The molecular formula is C12H20O. The summed E-state index contributed by atoms with van der Waals surface area (Å²) in [6, 6.07) is 0. The summed E-state index contributed by atoms with van der Waals surface area (Å²) in [5.41, 5.74) is 1.27. The Morgan fingerprint density at radius 2 is 2.15 bits per heavy atom. The van der Waals surface area contributed by atoms with Crippen molar-refractivity contribution in [3.63, 3.8) is 0 Å². The van der Waals surface area contributed by atoms with Crippen molar-refractivity contribution in [2.24, 2.45) is 5.41 Å². The van der Waals surface area contributed by atoms with Crippen molar-refractivity contribution in [3.05, 3.63) is 11.6 Å². The summed E-state index contributed by atoms with van der Waals surface area (Å²) in [5, 5.41) is 0. The van der Waals surface area contributed by atoms with E-state index in [0.717, 1.165) is 12.8 Å². The molecule has 0 saturated heterocycles. The number of carbonyl (C=O) groups excluding carboxylic acids is 1. The quantitative estimate of drug-likeness (QED) is 0.607. The van der Waals surface area contributed by atoms with Crippen LogP contribution in [0.5, 0.6) is 0 Å². The highest BCUT2D eigenvalue weighted by Crippen LogP contribution is 2.32. The first-order valence-corrected chi connectivity index (χ1v) is 5.27. The largest absolute Gasteiger partial charge is 0.299 e. The lowest BCUT2D eigenvalue weighted by molar-refractivity contribution is -0.126. The summed E-state index contributed by atoms with van der Waals surface area (Å²) in [6.45, 7) is 6.28. The van der Waals surface area contributed by atoms with Crippen molar-refractivity contribution in [2.45, 2.75) is 52.9 Å². The molecule has 0 atom stereocenters. The van der Waals surface area contributed by atoms with Crippen molar-refractivity contribution >= 4 is 5.78 Å². The first-order chi connectivity index (χ1) is 6.06. The van der Waals surface area contributed by atoms with Crippen LogP contribution in [0.1, 0.15) is 52.9 Å². The molecule has 1 rings (SSSR count). The minimum Gasteiger partial charge on any atom is -0.299 e. The van der Waals surface area contributed by atoms with Gasteiger partial charge in [0.1, 0.15) is 5.78 Å². The first-order valence-electron chi connectivity index (χ1n) is 5.27. The Morgan fingerprint density at radius 1 is 1.46 bits per heavy atom. The fourth-order valence-electron chi connectivity index (χ4n) is 1.63. The highest BCUT2D eigenvalue weighted by molar-refractivity contribution is 5.87. The van der Waals surface area contributed by atoms with Gasteiger partial charge < -0.3 is 0 Å². The first kappa shape index (κ1) is 10.5. The smallest absolute Gasteiger partial charge is 0.142 e. The Kier molecular flexibility index (Phi) is 3.29. The maximum absolute atomic E-state index is 11.6. The Balaban J connectivity index is 2.54. The molecule has 0 radical (unpaired) electrons. The topological polar surface area (TPSA) is 17.1 Å². The van der Waals surface area contributed by atoms with Crippen molar-refractivity contribution in [3.8, 4) is 0 Å². The minimum absolute atomic E-state index is 0.101. The highest BCUT2D eigenvalue weighted by atomic mass is 16.1. The van der Waals surface area contributed by atoms with Crippen molar-refractivity contribution in [1.82, 2.24) is 0 Å². The molecule has 1 aliphatic carbocycles. The Bertz CT molecular complexity index is 223. The third-order valence-electron chi connectivity index (χ3n) is 2.89. The van der Waals surface area contributed by atoms with Gasteiger partial charge in [0.05, 0.1) is 0 Å². The van der Waals surface area contributed by atoms with Crippen LogP contribution in [0.25, 0.3) is 0 Å². The molecule has 0 amide bonds. The van der Waals surface area contributed by atoms with Crippen LogP contribution in [0.3, 0.4) is 0 Å². The molecule has 0 N–H and O–H groups in total. The number of carbonyl (C=O) groups is 1. The molecule has 0 aromatic carbocycles. The highest BCUT2D eigenvalue weighted by Gasteiger charge is 2.29. The summed E-state index contributed by atoms with van der Waals surface area (Å²) in [7, 11) is 0. The van der Waals surface area contributed by atoms with Crippen molar-refractivity contribution in [2.75, 3.05) is 0 Å². The Labute approximate surface area is 81.2 Å². The van der Waals surface area contributed by atoms with E-state index >= 15 is 0 Å². The van der Waals surface area contributed by atoms with E-state index in [0.29, 0.717) is 12.2 Å². The van der Waals surface area contributed by atoms with Gasteiger partial charge in [-0.05, 0) is 19.3 Å². The molecule has 0 fully saturated rings. The number of Topliss-reactive ketones (excluding diaryl/α,β-unsaturated/α-hetero) is 1. The molecule has 0 unspecified atom stereocenters. The molecule has 0 aliphatic heterocycles. The van der Waals surface area contributed by atoms with Crippen LogP contribution in [-0.2, 0) is 4.79 Å². The standard InChI is InChI=1S/C12H20O/c1-4-5-6-10-7-8-12(2,3)11(13)9-10/h7H,4-6,8-9H2,1-3H3. The third-order valence-corrected chi connectivity index (χ3v) is 2.89. The summed E-state index contributed by atoms with van der Waals surface area (Å²) >= 11 is 0. The SMILES string of the molecule is CCCCC1=CCC(C)(C)C(=O)C1. The molecule has 1 heteroatoms. The van der Waals surface area contributed by atoms with Gasteiger partial charge in [0.25, 0.3) is 0 Å². The van der Waals surface area contributed by atoms with Gasteiger partial charge in [0.15, 0.2) is 0 Å². The lowest BCUT2D eigenvalue weighted by Gasteiger charge is -2.27. The van der Waals surface area contributed by atoms with E-state index in [2.05, 4.69) is 13.0 Å². The zero-order valence-corrected chi connectivity index (χ0v) is 9.02. The van der Waals surface area contributed by atoms with Gasteiger partial charge in [-0.1, -0.05) is 38.8 Å². The van der Waals surface area contributed by atoms with E-state index in [-0.39, 0.29) is 5.41 Å². The molecule has 74 valence electrons. The van der Waals surface area contributed by atoms with Crippen molar-refractivity contribution < 1.29 is 4.79 Å². The van der Waals surface area contributed by atoms with Gasteiger partial charge in [0.2, 0.25) is 0 Å². The summed E-state index contributed by atoms with van der Waals surface area (Å²) < 4.78 is 0. The van der Waals surface area contributed by atoms with Crippen LogP contribution in [-0.4, -0.2) is 5.78 Å². The molecule has 0 heterocycles. The molecule has 0 aromatic rings. The van der Waals surface area contributed by atoms with Gasteiger partial charge >= 0.3 is 0 Å². The summed E-state index contributed by atoms with van der Waals surface area (Å²) in [4.78, 5) is 11.6. The average molecular weight is 180 g/mol. The number of allylic oxidation sites excluding steroid dienone is 2. The zero-order valence-electron chi connectivity index (χ0n) is 9.02. The van der Waals surface area contributed by atoms with E-state index in [1.165, 1.54) is 18.4 Å². The predicted octanol–water partition coefficient (Wildman–Crippen LogP) is 3.49.